The third kappa shape index (κ3) is 2.67. The molecule has 1 amide bonds. The molecule has 0 unspecified atom stereocenters. The molecule has 0 radical (unpaired) electrons. The SMILES string of the molecule is CSCCCN1C(C(N)=O)=NCc2ccccc21. The highest BCUT2D eigenvalue weighted by Gasteiger charge is 2.23. The van der Waals surface area contributed by atoms with Crippen LogP contribution in [0.2, 0.25) is 0 Å². The third-order valence-corrected chi connectivity index (χ3v) is 3.58. The van der Waals surface area contributed by atoms with E-state index in [4.69, 9.17) is 5.73 Å². The Balaban J connectivity index is 2.25. The van der Waals surface area contributed by atoms with Crippen molar-refractivity contribution in [1.29, 1.82) is 0 Å². The molecule has 5 heteroatoms. The Morgan fingerprint density at radius 3 is 3.00 bits per heavy atom. The Hall–Kier alpha value is -1.49. The van der Waals surface area contributed by atoms with Gasteiger partial charge in [0.25, 0.3) is 5.91 Å². The Labute approximate surface area is 111 Å². The van der Waals surface area contributed by atoms with Crippen LogP contribution in [0, 0.1) is 0 Å². The maximum atomic E-state index is 11.5. The standard InChI is InChI=1S/C13H17N3OS/c1-18-8-4-7-16-11-6-3-2-5-10(11)9-15-13(16)12(14)17/h2-3,5-6H,4,7-9H2,1H3,(H2,14,17). The number of amides is 1. The third-order valence-electron chi connectivity index (χ3n) is 2.89. The molecule has 2 N–H and O–H groups in total. The number of rotatable bonds is 5. The largest absolute Gasteiger partial charge is 0.363 e. The molecule has 1 aliphatic rings. The van der Waals surface area contributed by atoms with E-state index in [1.165, 1.54) is 0 Å². The number of carbonyl (C=O) groups is 1. The van der Waals surface area contributed by atoms with E-state index in [9.17, 15) is 4.79 Å². The average molecular weight is 263 g/mol. The smallest absolute Gasteiger partial charge is 0.284 e. The quantitative estimate of drug-likeness (QED) is 0.822. The number of anilines is 1. The van der Waals surface area contributed by atoms with E-state index in [-0.39, 0.29) is 0 Å². The first-order valence-electron chi connectivity index (χ1n) is 5.92. The monoisotopic (exact) mass is 263 g/mol. The first-order chi connectivity index (χ1) is 8.74. The van der Waals surface area contributed by atoms with Gasteiger partial charge in [0.2, 0.25) is 0 Å². The van der Waals surface area contributed by atoms with Gasteiger partial charge in [-0.2, -0.15) is 11.8 Å². The van der Waals surface area contributed by atoms with Gasteiger partial charge in [-0.25, -0.2) is 0 Å². The fraction of sp³-hybridized carbons (Fsp3) is 0.385. The van der Waals surface area contributed by atoms with Crippen molar-refractivity contribution >= 4 is 29.2 Å². The van der Waals surface area contributed by atoms with Crippen LogP contribution in [-0.2, 0) is 11.3 Å². The zero-order valence-electron chi connectivity index (χ0n) is 10.4. The Morgan fingerprint density at radius 1 is 1.50 bits per heavy atom. The van der Waals surface area contributed by atoms with E-state index in [2.05, 4.69) is 11.2 Å². The van der Waals surface area contributed by atoms with Crippen LogP contribution in [0.4, 0.5) is 5.69 Å². The summed E-state index contributed by atoms with van der Waals surface area (Å²) in [5.74, 6) is 0.994. The van der Waals surface area contributed by atoms with Crippen molar-refractivity contribution in [2.75, 3.05) is 23.5 Å². The van der Waals surface area contributed by atoms with Gasteiger partial charge in [0.15, 0.2) is 5.84 Å². The lowest BCUT2D eigenvalue weighted by Crippen LogP contribution is -2.43. The van der Waals surface area contributed by atoms with Gasteiger partial charge in [0.1, 0.15) is 0 Å². The molecule has 1 aromatic carbocycles. The summed E-state index contributed by atoms with van der Waals surface area (Å²) < 4.78 is 0. The molecule has 0 aliphatic carbocycles. The highest BCUT2D eigenvalue weighted by molar-refractivity contribution is 7.98. The lowest BCUT2D eigenvalue weighted by atomic mass is 10.1. The number of nitrogens with zero attached hydrogens (tertiary/aromatic N) is 2. The van der Waals surface area contributed by atoms with Crippen LogP contribution in [0.3, 0.4) is 0 Å². The zero-order valence-corrected chi connectivity index (χ0v) is 11.2. The van der Waals surface area contributed by atoms with Gasteiger partial charge in [-0.05, 0) is 30.1 Å². The highest BCUT2D eigenvalue weighted by Crippen LogP contribution is 2.26. The highest BCUT2D eigenvalue weighted by atomic mass is 32.2. The number of aliphatic imine (C=N–C) groups is 1. The maximum Gasteiger partial charge on any atom is 0.284 e. The van der Waals surface area contributed by atoms with Gasteiger partial charge in [0, 0.05) is 12.2 Å². The minimum absolute atomic E-state index is 0.384. The molecule has 1 aliphatic heterocycles. The molecule has 0 atom stereocenters. The van der Waals surface area contributed by atoms with Crippen molar-refractivity contribution in [2.45, 2.75) is 13.0 Å². The molecule has 0 saturated carbocycles. The summed E-state index contributed by atoms with van der Waals surface area (Å²) in [7, 11) is 0. The number of hydrogen-bond acceptors (Lipinski definition) is 4. The molecule has 0 saturated heterocycles. The Bertz CT molecular complexity index is 473. The first kappa shape index (κ1) is 13.0. The number of primary amides is 1. The van der Waals surface area contributed by atoms with Crippen LogP contribution in [0.25, 0.3) is 0 Å². The minimum Gasteiger partial charge on any atom is -0.363 e. The molecule has 1 aromatic rings. The maximum absolute atomic E-state index is 11.5. The van der Waals surface area contributed by atoms with E-state index < -0.39 is 5.91 Å². The second kappa shape index (κ2) is 5.91. The van der Waals surface area contributed by atoms with Gasteiger partial charge in [-0.1, -0.05) is 18.2 Å². The topological polar surface area (TPSA) is 58.7 Å². The second-order valence-corrected chi connectivity index (χ2v) is 5.12. The van der Waals surface area contributed by atoms with Gasteiger partial charge in [-0.15, -0.1) is 0 Å². The second-order valence-electron chi connectivity index (χ2n) is 4.13. The molecule has 0 spiro atoms. The van der Waals surface area contributed by atoms with Crippen LogP contribution >= 0.6 is 11.8 Å². The van der Waals surface area contributed by atoms with E-state index in [0.29, 0.717) is 12.4 Å². The molecular formula is C13H17N3OS. The molecule has 0 aromatic heterocycles. The molecule has 96 valence electrons. The number of para-hydroxylation sites is 1. The number of hydrogen-bond donors (Lipinski definition) is 1. The fourth-order valence-corrected chi connectivity index (χ4v) is 2.49. The number of carbonyl (C=O) groups excluding carboxylic acids is 1. The van der Waals surface area contributed by atoms with E-state index >= 15 is 0 Å². The van der Waals surface area contributed by atoms with Crippen molar-refractivity contribution in [3.05, 3.63) is 29.8 Å². The molecule has 2 rings (SSSR count). The van der Waals surface area contributed by atoms with Crippen LogP contribution in [0.5, 0.6) is 0 Å². The summed E-state index contributed by atoms with van der Waals surface area (Å²) in [5, 5.41) is 0. The zero-order chi connectivity index (χ0) is 13.0. The number of nitrogens with two attached hydrogens (primary N) is 1. The number of benzene rings is 1. The predicted octanol–water partition coefficient (Wildman–Crippen LogP) is 1.64. The number of fused-ring (bicyclic) bond motifs is 1. The summed E-state index contributed by atoms with van der Waals surface area (Å²) in [4.78, 5) is 17.7. The molecular weight excluding hydrogens is 246 g/mol. The van der Waals surface area contributed by atoms with Crippen molar-refractivity contribution in [3.8, 4) is 0 Å². The van der Waals surface area contributed by atoms with E-state index in [1.807, 2.05) is 29.2 Å². The minimum atomic E-state index is -0.450. The summed E-state index contributed by atoms with van der Waals surface area (Å²) in [6.45, 7) is 1.31. The van der Waals surface area contributed by atoms with Gasteiger partial charge in [0.05, 0.1) is 6.54 Å². The van der Waals surface area contributed by atoms with Crippen molar-refractivity contribution in [3.63, 3.8) is 0 Å². The molecule has 0 bridgehead atoms. The van der Waals surface area contributed by atoms with Crippen LogP contribution in [0.1, 0.15) is 12.0 Å². The number of amidine groups is 1. The fourth-order valence-electron chi connectivity index (χ4n) is 2.07. The first-order valence-corrected chi connectivity index (χ1v) is 7.32. The van der Waals surface area contributed by atoms with Crippen molar-refractivity contribution in [1.82, 2.24) is 0 Å². The van der Waals surface area contributed by atoms with Crippen molar-refractivity contribution in [2.24, 2.45) is 10.7 Å². The van der Waals surface area contributed by atoms with E-state index in [0.717, 1.165) is 30.0 Å². The summed E-state index contributed by atoms with van der Waals surface area (Å²) in [6.07, 6.45) is 3.08. The van der Waals surface area contributed by atoms with Gasteiger partial charge >= 0.3 is 0 Å². The lowest BCUT2D eigenvalue weighted by Gasteiger charge is -2.29. The predicted molar refractivity (Wildman–Crippen MR) is 77.1 cm³/mol. The lowest BCUT2D eigenvalue weighted by molar-refractivity contribution is -0.112. The Kier molecular flexibility index (Phi) is 4.25. The average Bonchev–Trinajstić information content (AvgIpc) is 2.38. The molecule has 18 heavy (non-hydrogen) atoms. The molecule has 1 heterocycles. The van der Waals surface area contributed by atoms with Crippen LogP contribution in [-0.4, -0.2) is 30.3 Å². The Morgan fingerprint density at radius 2 is 2.28 bits per heavy atom. The van der Waals surface area contributed by atoms with Gasteiger partial charge < -0.3 is 10.6 Å². The van der Waals surface area contributed by atoms with Crippen LogP contribution in [0.15, 0.2) is 29.3 Å². The number of thioether (sulfide) groups is 1. The summed E-state index contributed by atoms with van der Waals surface area (Å²) in [5.41, 5.74) is 7.61. The summed E-state index contributed by atoms with van der Waals surface area (Å²) in [6, 6.07) is 8.03. The normalized spacial score (nSPS) is 14.1. The van der Waals surface area contributed by atoms with E-state index in [1.54, 1.807) is 11.8 Å². The summed E-state index contributed by atoms with van der Waals surface area (Å²) >= 11 is 1.80. The van der Waals surface area contributed by atoms with Crippen molar-refractivity contribution < 1.29 is 4.79 Å². The van der Waals surface area contributed by atoms with Gasteiger partial charge in [-0.3, -0.25) is 9.79 Å². The van der Waals surface area contributed by atoms with Crippen LogP contribution < -0.4 is 10.6 Å². The molecule has 0 fully saturated rings. The molecule has 4 nitrogen and oxygen atoms in total.